The highest BCUT2D eigenvalue weighted by Gasteiger charge is 2.40. The number of halogens is 1. The van der Waals surface area contributed by atoms with Gasteiger partial charge in [0.1, 0.15) is 6.10 Å². The van der Waals surface area contributed by atoms with Crippen molar-refractivity contribution in [3.8, 4) is 17.0 Å². The van der Waals surface area contributed by atoms with Gasteiger partial charge in [-0.2, -0.15) is 0 Å². The molecule has 1 aromatic carbocycles. The number of aryl methyl sites for hydroxylation is 1. The molecule has 2 aliphatic heterocycles. The molecule has 0 spiro atoms. The first-order valence-electron chi connectivity index (χ1n) is 10.6. The summed E-state index contributed by atoms with van der Waals surface area (Å²) in [7, 11) is 0. The number of carbonyl (C=O) groups is 1. The second kappa shape index (κ2) is 7.65. The maximum absolute atomic E-state index is 13.2. The third-order valence-electron chi connectivity index (χ3n) is 6.30. The van der Waals surface area contributed by atoms with Crippen molar-refractivity contribution in [1.29, 1.82) is 0 Å². The van der Waals surface area contributed by atoms with Crippen LogP contribution in [0, 0.1) is 13.8 Å². The number of rotatable bonds is 3. The van der Waals surface area contributed by atoms with E-state index in [9.17, 15) is 4.79 Å². The predicted octanol–water partition coefficient (Wildman–Crippen LogP) is 5.00. The lowest BCUT2D eigenvalue weighted by Crippen LogP contribution is -2.33. The fraction of sp³-hybridized carbons (Fsp3) is 0.320. The molecule has 158 valence electrons. The first-order valence-corrected chi connectivity index (χ1v) is 11.0. The normalized spacial score (nSPS) is 19.7. The smallest absolute Gasteiger partial charge is 0.258 e. The van der Waals surface area contributed by atoms with Gasteiger partial charge in [0.25, 0.3) is 5.91 Å². The Labute approximate surface area is 187 Å². The average Bonchev–Trinajstić information content (AvgIpc) is 3.06. The number of benzene rings is 1. The maximum atomic E-state index is 13.2. The van der Waals surface area contributed by atoms with Crippen LogP contribution in [0.2, 0.25) is 5.02 Å². The highest BCUT2D eigenvalue weighted by molar-refractivity contribution is 6.33. The van der Waals surface area contributed by atoms with E-state index in [4.69, 9.17) is 16.3 Å². The molecule has 2 atom stereocenters. The van der Waals surface area contributed by atoms with Crippen LogP contribution in [0.4, 0.5) is 0 Å². The molecule has 2 aromatic heterocycles. The van der Waals surface area contributed by atoms with Gasteiger partial charge in [-0.05, 0) is 68.1 Å². The van der Waals surface area contributed by atoms with Crippen LogP contribution in [0.5, 0.6) is 5.75 Å². The molecule has 5 rings (SSSR count). The molecular formula is C25H24ClN3O2. The number of ether oxygens (including phenoxy) is 1. The molecule has 0 unspecified atom stereocenters. The Bertz CT molecular complexity index is 1180. The first kappa shape index (κ1) is 20.0. The molecule has 2 bridgehead atoms. The minimum atomic E-state index is 0.00665. The van der Waals surface area contributed by atoms with Gasteiger partial charge >= 0.3 is 0 Å². The molecule has 5 nitrogen and oxygen atoms in total. The zero-order valence-corrected chi connectivity index (χ0v) is 18.6. The quantitative estimate of drug-likeness (QED) is 0.583. The van der Waals surface area contributed by atoms with Crippen molar-refractivity contribution >= 4 is 17.5 Å². The Hall–Kier alpha value is -2.92. The van der Waals surface area contributed by atoms with Crippen LogP contribution in [-0.2, 0) is 6.42 Å². The Kier molecular flexibility index (Phi) is 4.94. The monoisotopic (exact) mass is 433 g/mol. The Balaban J connectivity index is 1.46. The summed E-state index contributed by atoms with van der Waals surface area (Å²) < 4.78 is 6.17. The molecule has 4 heterocycles. The highest BCUT2D eigenvalue weighted by atomic mass is 35.5. The summed E-state index contributed by atoms with van der Waals surface area (Å²) in [5, 5.41) is 0.541. The van der Waals surface area contributed by atoms with Crippen LogP contribution < -0.4 is 4.74 Å². The summed E-state index contributed by atoms with van der Waals surface area (Å²) in [6.07, 6.45) is 5.18. The number of hydrogen-bond donors (Lipinski definition) is 0. The SMILES string of the molecule is Cc1cc(-c2ccc(Cc3cc4c(c(Cl)c3C)O[C@H]3C[C@H](C)N(C3)C4=O)cn2)ccn1. The second-order valence-corrected chi connectivity index (χ2v) is 8.93. The summed E-state index contributed by atoms with van der Waals surface area (Å²) in [4.78, 5) is 24.0. The Morgan fingerprint density at radius 3 is 2.77 bits per heavy atom. The molecule has 2 aliphatic rings. The van der Waals surface area contributed by atoms with Gasteiger partial charge in [0.05, 0.1) is 22.8 Å². The van der Waals surface area contributed by atoms with Crippen molar-refractivity contribution < 1.29 is 9.53 Å². The number of nitrogens with zero attached hydrogens (tertiary/aromatic N) is 3. The molecule has 0 aliphatic carbocycles. The van der Waals surface area contributed by atoms with E-state index in [0.29, 0.717) is 29.3 Å². The third kappa shape index (κ3) is 3.57. The fourth-order valence-corrected chi connectivity index (χ4v) is 4.80. The molecule has 0 N–H and O–H groups in total. The highest BCUT2D eigenvalue weighted by Crippen LogP contribution is 2.41. The Morgan fingerprint density at radius 1 is 1.19 bits per heavy atom. The zero-order valence-electron chi connectivity index (χ0n) is 17.9. The molecule has 6 heteroatoms. The molecule has 31 heavy (non-hydrogen) atoms. The van der Waals surface area contributed by atoms with Crippen molar-refractivity contribution in [2.75, 3.05) is 6.54 Å². The minimum Gasteiger partial charge on any atom is -0.486 e. The van der Waals surface area contributed by atoms with E-state index in [2.05, 4.69) is 23.0 Å². The molecule has 0 radical (unpaired) electrons. The van der Waals surface area contributed by atoms with E-state index >= 15 is 0 Å². The summed E-state index contributed by atoms with van der Waals surface area (Å²) in [6.45, 7) is 6.65. The van der Waals surface area contributed by atoms with Gasteiger partial charge < -0.3 is 9.64 Å². The van der Waals surface area contributed by atoms with E-state index in [-0.39, 0.29) is 18.1 Å². The average molecular weight is 434 g/mol. The largest absolute Gasteiger partial charge is 0.486 e. The summed E-state index contributed by atoms with van der Waals surface area (Å²) in [5.41, 5.74) is 6.51. The first-order chi connectivity index (χ1) is 14.9. The molecule has 1 saturated heterocycles. The van der Waals surface area contributed by atoms with E-state index in [1.807, 2.05) is 49.2 Å². The summed E-state index contributed by atoms with van der Waals surface area (Å²) in [6, 6.07) is 10.2. The van der Waals surface area contributed by atoms with Crippen LogP contribution in [0.1, 0.15) is 46.1 Å². The second-order valence-electron chi connectivity index (χ2n) is 8.55. The molecule has 0 saturated carbocycles. The predicted molar refractivity (Wildman–Crippen MR) is 121 cm³/mol. The third-order valence-corrected chi connectivity index (χ3v) is 6.75. The van der Waals surface area contributed by atoms with E-state index < -0.39 is 0 Å². The topological polar surface area (TPSA) is 55.3 Å². The van der Waals surface area contributed by atoms with Gasteiger partial charge in [-0.3, -0.25) is 14.8 Å². The zero-order chi connectivity index (χ0) is 21.7. The van der Waals surface area contributed by atoms with Gasteiger partial charge in [-0.15, -0.1) is 0 Å². The number of fused-ring (bicyclic) bond motifs is 3. The maximum Gasteiger partial charge on any atom is 0.258 e. The van der Waals surface area contributed by atoms with E-state index in [1.165, 1.54) is 0 Å². The van der Waals surface area contributed by atoms with E-state index in [1.54, 1.807) is 6.20 Å². The van der Waals surface area contributed by atoms with Crippen molar-refractivity contribution in [3.63, 3.8) is 0 Å². The van der Waals surface area contributed by atoms with Crippen LogP contribution in [0.15, 0.2) is 42.7 Å². The fourth-order valence-electron chi connectivity index (χ4n) is 4.53. The lowest BCUT2D eigenvalue weighted by molar-refractivity contribution is 0.0748. The van der Waals surface area contributed by atoms with Crippen LogP contribution >= 0.6 is 11.6 Å². The van der Waals surface area contributed by atoms with Crippen LogP contribution in [-0.4, -0.2) is 39.5 Å². The van der Waals surface area contributed by atoms with E-state index in [0.717, 1.165) is 40.1 Å². The van der Waals surface area contributed by atoms with Gasteiger partial charge in [-0.1, -0.05) is 17.7 Å². The molecule has 3 aromatic rings. The van der Waals surface area contributed by atoms with Gasteiger partial charge in [0.2, 0.25) is 0 Å². The number of amides is 1. The standard InChI is InChI=1S/C25H24ClN3O2/c1-14-8-18(6-7-27-14)22-5-4-17(12-28-22)10-19-11-21-24(23(26)16(19)3)31-20-9-15(2)29(13-20)25(21)30/h4-8,11-12,15,20H,9-10,13H2,1-3H3/t15-,20-/m0/s1. The number of aromatic nitrogens is 2. The molecular weight excluding hydrogens is 410 g/mol. The van der Waals surface area contributed by atoms with Crippen molar-refractivity contribution in [2.24, 2.45) is 0 Å². The van der Waals surface area contributed by atoms with Gasteiger partial charge in [0, 0.05) is 36.1 Å². The van der Waals surface area contributed by atoms with Gasteiger partial charge in [0.15, 0.2) is 5.75 Å². The van der Waals surface area contributed by atoms with Crippen molar-refractivity contribution in [1.82, 2.24) is 14.9 Å². The lowest BCUT2D eigenvalue weighted by Gasteiger charge is -2.23. The molecule has 1 fully saturated rings. The molecule has 1 amide bonds. The summed E-state index contributed by atoms with van der Waals surface area (Å²) >= 11 is 6.70. The lowest BCUT2D eigenvalue weighted by atomic mass is 9.97. The van der Waals surface area contributed by atoms with Crippen LogP contribution in [0.25, 0.3) is 11.3 Å². The number of pyridine rings is 2. The number of carbonyl (C=O) groups excluding carboxylic acids is 1. The van der Waals surface area contributed by atoms with Crippen LogP contribution in [0.3, 0.4) is 0 Å². The summed E-state index contributed by atoms with van der Waals surface area (Å²) in [5.74, 6) is 0.543. The Morgan fingerprint density at radius 2 is 2.03 bits per heavy atom. The van der Waals surface area contributed by atoms with Gasteiger partial charge in [-0.25, -0.2) is 0 Å². The number of hydrogen-bond acceptors (Lipinski definition) is 4. The van der Waals surface area contributed by atoms with Crippen molar-refractivity contribution in [3.05, 3.63) is 75.7 Å². The van der Waals surface area contributed by atoms with Crippen molar-refractivity contribution in [2.45, 2.75) is 45.8 Å². The minimum absolute atomic E-state index is 0.00665.